The lowest BCUT2D eigenvalue weighted by atomic mass is 10.1. The summed E-state index contributed by atoms with van der Waals surface area (Å²) in [5, 5.41) is 2.68. The number of nitrogens with two attached hydrogens (primary N) is 1. The maximum Gasteiger partial charge on any atom is 0.261 e. The van der Waals surface area contributed by atoms with Gasteiger partial charge in [0.15, 0.2) is 5.13 Å². The molecular formula is C15H12ClN3O2S2. The molecule has 3 aromatic rings. The van der Waals surface area contributed by atoms with Crippen LogP contribution >= 0.6 is 22.9 Å². The molecule has 1 aromatic heterocycles. The summed E-state index contributed by atoms with van der Waals surface area (Å²) in [4.78, 5) is 4.33. The lowest BCUT2D eigenvalue weighted by molar-refractivity contribution is 0.601. The predicted molar refractivity (Wildman–Crippen MR) is 94.2 cm³/mol. The molecule has 0 unspecified atom stereocenters. The monoisotopic (exact) mass is 365 g/mol. The SMILES string of the molecule is Nc1nc(-c2ccccc2NS(=O)(=O)c2ccc(Cl)cc2)cs1. The number of hydrogen-bond donors (Lipinski definition) is 2. The number of sulfonamides is 1. The number of nitrogens with one attached hydrogen (secondary N) is 1. The zero-order valence-corrected chi connectivity index (χ0v) is 14.1. The van der Waals surface area contributed by atoms with Crippen LogP contribution in [0.3, 0.4) is 0 Å². The Balaban J connectivity index is 1.98. The summed E-state index contributed by atoms with van der Waals surface area (Å²) >= 11 is 7.09. The standard InChI is InChI=1S/C15H12ClN3O2S2/c16-10-5-7-11(8-6-10)23(20,21)19-13-4-2-1-3-12(13)14-9-22-15(17)18-14/h1-9,19H,(H2,17,18). The Labute approximate surface area is 142 Å². The van der Waals surface area contributed by atoms with Gasteiger partial charge in [-0.3, -0.25) is 4.72 Å². The van der Waals surface area contributed by atoms with Gasteiger partial charge >= 0.3 is 0 Å². The number of thiazole rings is 1. The van der Waals surface area contributed by atoms with Gasteiger partial charge in [0.25, 0.3) is 10.0 Å². The van der Waals surface area contributed by atoms with E-state index < -0.39 is 10.0 Å². The number of hydrogen-bond acceptors (Lipinski definition) is 5. The first-order chi connectivity index (χ1) is 11.0. The molecule has 1 heterocycles. The fourth-order valence-electron chi connectivity index (χ4n) is 2.02. The number of nitrogen functional groups attached to an aromatic ring is 1. The average Bonchev–Trinajstić information content (AvgIpc) is 2.94. The van der Waals surface area contributed by atoms with Crippen LogP contribution in [-0.2, 0) is 10.0 Å². The minimum atomic E-state index is -3.72. The van der Waals surface area contributed by atoms with Crippen molar-refractivity contribution in [1.29, 1.82) is 0 Å². The van der Waals surface area contributed by atoms with Crippen molar-refractivity contribution >= 4 is 43.8 Å². The largest absolute Gasteiger partial charge is 0.375 e. The Bertz CT molecular complexity index is 937. The van der Waals surface area contributed by atoms with Gasteiger partial charge in [0.05, 0.1) is 16.3 Å². The molecule has 0 aliphatic rings. The summed E-state index contributed by atoms with van der Waals surface area (Å²) in [6.45, 7) is 0. The maximum atomic E-state index is 12.5. The first-order valence-electron chi connectivity index (χ1n) is 6.54. The molecule has 0 saturated heterocycles. The summed E-state index contributed by atoms with van der Waals surface area (Å²) in [6.07, 6.45) is 0. The summed E-state index contributed by atoms with van der Waals surface area (Å²) in [5.41, 5.74) is 7.38. The highest BCUT2D eigenvalue weighted by Gasteiger charge is 2.17. The molecule has 0 saturated carbocycles. The highest BCUT2D eigenvalue weighted by molar-refractivity contribution is 7.92. The Morgan fingerprint density at radius 1 is 1.09 bits per heavy atom. The molecule has 2 aromatic carbocycles. The van der Waals surface area contributed by atoms with Crippen molar-refractivity contribution in [3.05, 3.63) is 58.9 Å². The molecule has 0 bridgehead atoms. The fraction of sp³-hybridized carbons (Fsp3) is 0. The molecule has 3 rings (SSSR count). The molecule has 8 heteroatoms. The minimum absolute atomic E-state index is 0.134. The van der Waals surface area contributed by atoms with Crippen LogP contribution in [0.1, 0.15) is 0 Å². The summed E-state index contributed by atoms with van der Waals surface area (Å²) in [7, 11) is -3.72. The van der Waals surface area contributed by atoms with E-state index in [-0.39, 0.29) is 4.90 Å². The fourth-order valence-corrected chi connectivity index (χ4v) is 3.79. The zero-order valence-electron chi connectivity index (χ0n) is 11.7. The van der Waals surface area contributed by atoms with Crippen molar-refractivity contribution in [3.8, 4) is 11.3 Å². The zero-order chi connectivity index (χ0) is 16.4. The highest BCUT2D eigenvalue weighted by atomic mass is 35.5. The molecule has 118 valence electrons. The molecule has 0 spiro atoms. The third-order valence-electron chi connectivity index (χ3n) is 3.09. The van der Waals surface area contributed by atoms with E-state index in [0.717, 1.165) is 0 Å². The van der Waals surface area contributed by atoms with Crippen LogP contribution in [0.2, 0.25) is 5.02 Å². The Morgan fingerprint density at radius 2 is 1.78 bits per heavy atom. The Hall–Kier alpha value is -2.09. The van der Waals surface area contributed by atoms with Crippen molar-refractivity contribution in [2.45, 2.75) is 4.90 Å². The second-order valence-electron chi connectivity index (χ2n) is 4.68. The van der Waals surface area contributed by atoms with E-state index in [0.29, 0.717) is 27.1 Å². The van der Waals surface area contributed by atoms with Gasteiger partial charge < -0.3 is 5.73 Å². The van der Waals surface area contributed by atoms with Gasteiger partial charge in [-0.2, -0.15) is 0 Å². The van der Waals surface area contributed by atoms with Crippen LogP contribution in [0, 0.1) is 0 Å². The van der Waals surface area contributed by atoms with Gasteiger partial charge in [0.2, 0.25) is 0 Å². The maximum absolute atomic E-state index is 12.5. The van der Waals surface area contributed by atoms with E-state index in [1.807, 2.05) is 6.07 Å². The molecule has 0 atom stereocenters. The molecule has 0 amide bonds. The van der Waals surface area contributed by atoms with Crippen LogP contribution in [-0.4, -0.2) is 13.4 Å². The predicted octanol–water partition coefficient (Wildman–Crippen LogP) is 3.85. The number of benzene rings is 2. The van der Waals surface area contributed by atoms with Crippen molar-refractivity contribution in [1.82, 2.24) is 4.98 Å². The van der Waals surface area contributed by atoms with Crippen LogP contribution in [0.4, 0.5) is 10.8 Å². The molecular weight excluding hydrogens is 354 g/mol. The lowest BCUT2D eigenvalue weighted by Crippen LogP contribution is -2.13. The number of rotatable bonds is 4. The summed E-state index contributed by atoms with van der Waals surface area (Å²) in [6, 6.07) is 13.0. The van der Waals surface area contributed by atoms with Crippen molar-refractivity contribution in [3.63, 3.8) is 0 Å². The van der Waals surface area contributed by atoms with Crippen LogP contribution < -0.4 is 10.5 Å². The smallest absolute Gasteiger partial charge is 0.261 e. The van der Waals surface area contributed by atoms with E-state index >= 15 is 0 Å². The molecule has 0 radical (unpaired) electrons. The van der Waals surface area contributed by atoms with Gasteiger partial charge in [0.1, 0.15) is 0 Å². The van der Waals surface area contributed by atoms with Gasteiger partial charge in [-0.15, -0.1) is 11.3 Å². The number of para-hydroxylation sites is 1. The minimum Gasteiger partial charge on any atom is -0.375 e. The normalized spacial score (nSPS) is 11.3. The molecule has 3 N–H and O–H groups in total. The Morgan fingerprint density at radius 3 is 2.43 bits per heavy atom. The molecule has 0 fully saturated rings. The second kappa shape index (κ2) is 6.19. The third-order valence-corrected chi connectivity index (χ3v) is 5.40. The van der Waals surface area contributed by atoms with Crippen LogP contribution in [0.25, 0.3) is 11.3 Å². The number of aromatic nitrogens is 1. The van der Waals surface area contributed by atoms with Crippen molar-refractivity contribution in [2.24, 2.45) is 0 Å². The quantitative estimate of drug-likeness (QED) is 0.735. The molecule has 0 aliphatic heterocycles. The first-order valence-corrected chi connectivity index (χ1v) is 9.28. The van der Waals surface area contributed by atoms with Crippen molar-refractivity contribution < 1.29 is 8.42 Å². The van der Waals surface area contributed by atoms with Gasteiger partial charge in [-0.25, -0.2) is 13.4 Å². The van der Waals surface area contributed by atoms with E-state index in [9.17, 15) is 8.42 Å². The first kappa shape index (κ1) is 15.8. The van der Waals surface area contributed by atoms with Gasteiger partial charge in [-0.05, 0) is 30.3 Å². The van der Waals surface area contributed by atoms with Gasteiger partial charge in [0, 0.05) is 16.0 Å². The summed E-state index contributed by atoms with van der Waals surface area (Å²) in [5.74, 6) is 0. The molecule has 0 aliphatic carbocycles. The third kappa shape index (κ3) is 3.47. The molecule has 23 heavy (non-hydrogen) atoms. The second-order valence-corrected chi connectivity index (χ2v) is 7.68. The average molecular weight is 366 g/mol. The summed E-state index contributed by atoms with van der Waals surface area (Å²) < 4.78 is 27.6. The van der Waals surface area contributed by atoms with E-state index in [4.69, 9.17) is 17.3 Å². The number of halogens is 1. The topological polar surface area (TPSA) is 85.1 Å². The van der Waals surface area contributed by atoms with E-state index in [1.165, 1.54) is 35.6 Å². The lowest BCUT2D eigenvalue weighted by Gasteiger charge is -2.11. The molecule has 5 nitrogen and oxygen atoms in total. The van der Waals surface area contributed by atoms with E-state index in [1.54, 1.807) is 23.6 Å². The van der Waals surface area contributed by atoms with Crippen LogP contribution in [0.15, 0.2) is 58.8 Å². The Kier molecular flexibility index (Phi) is 4.25. The number of nitrogens with zero attached hydrogens (tertiary/aromatic N) is 1. The van der Waals surface area contributed by atoms with E-state index in [2.05, 4.69) is 9.71 Å². The highest BCUT2D eigenvalue weighted by Crippen LogP contribution is 2.31. The van der Waals surface area contributed by atoms with Crippen LogP contribution in [0.5, 0.6) is 0 Å². The van der Waals surface area contributed by atoms with Gasteiger partial charge in [-0.1, -0.05) is 29.8 Å². The van der Waals surface area contributed by atoms with Crippen molar-refractivity contribution in [2.75, 3.05) is 10.5 Å². The number of anilines is 2.